The first kappa shape index (κ1) is 9.90. The Morgan fingerprint density at radius 2 is 2.07 bits per heavy atom. The summed E-state index contributed by atoms with van der Waals surface area (Å²) in [5, 5.41) is 2.17. The summed E-state index contributed by atoms with van der Waals surface area (Å²) in [6.45, 7) is 0. The molecule has 0 bridgehead atoms. The Balaban J connectivity index is 2.55. The van der Waals surface area contributed by atoms with Crippen LogP contribution in [0.25, 0.3) is 11.3 Å². The molecule has 14 heavy (non-hydrogen) atoms. The highest BCUT2D eigenvalue weighted by molar-refractivity contribution is 7.14. The third-order valence-corrected chi connectivity index (χ3v) is 2.89. The molecule has 0 aliphatic heterocycles. The van der Waals surface area contributed by atoms with Crippen LogP contribution in [0.3, 0.4) is 0 Å². The molecular formula is C9H4Cl2FNS. The fourth-order valence-corrected chi connectivity index (χ4v) is 2.01. The molecule has 2 aromatic rings. The Morgan fingerprint density at radius 1 is 1.29 bits per heavy atom. The highest BCUT2D eigenvalue weighted by atomic mass is 35.5. The molecule has 0 saturated carbocycles. The summed E-state index contributed by atoms with van der Waals surface area (Å²) >= 11 is 12.7. The SMILES string of the molecule is Fc1ccc(Cl)cc1-c1csc(Cl)n1. The van der Waals surface area contributed by atoms with E-state index in [9.17, 15) is 4.39 Å². The molecule has 0 spiro atoms. The van der Waals surface area contributed by atoms with Crippen LogP contribution >= 0.6 is 34.5 Å². The summed E-state index contributed by atoms with van der Waals surface area (Å²) in [6, 6.07) is 4.33. The first-order valence-corrected chi connectivity index (χ1v) is 5.37. The number of hydrogen-bond donors (Lipinski definition) is 0. The maximum absolute atomic E-state index is 13.3. The number of halogens is 3. The van der Waals surface area contributed by atoms with Crippen LogP contribution in [-0.2, 0) is 0 Å². The summed E-state index contributed by atoms with van der Waals surface area (Å²) in [5.74, 6) is -0.351. The van der Waals surface area contributed by atoms with Crippen LogP contribution in [0.5, 0.6) is 0 Å². The van der Waals surface area contributed by atoms with Crippen molar-refractivity contribution >= 4 is 34.5 Å². The van der Waals surface area contributed by atoms with Gasteiger partial charge in [-0.3, -0.25) is 0 Å². The van der Waals surface area contributed by atoms with E-state index in [1.807, 2.05) is 0 Å². The molecule has 2 rings (SSSR count). The Labute approximate surface area is 94.1 Å². The van der Waals surface area contributed by atoms with E-state index in [2.05, 4.69) is 4.98 Å². The second-order valence-corrected chi connectivity index (χ2v) is 4.49. The standard InChI is InChI=1S/C9H4Cl2FNS/c10-5-1-2-7(12)6(3-5)8-4-14-9(11)13-8/h1-4H. The van der Waals surface area contributed by atoms with Gasteiger partial charge >= 0.3 is 0 Å². The Hall–Kier alpha value is -0.640. The third-order valence-electron chi connectivity index (χ3n) is 1.68. The van der Waals surface area contributed by atoms with Crippen molar-refractivity contribution < 1.29 is 4.39 Å². The fraction of sp³-hybridized carbons (Fsp3) is 0. The van der Waals surface area contributed by atoms with Crippen molar-refractivity contribution in [3.8, 4) is 11.3 Å². The van der Waals surface area contributed by atoms with E-state index in [-0.39, 0.29) is 5.82 Å². The first-order valence-electron chi connectivity index (χ1n) is 3.73. The molecule has 0 unspecified atom stereocenters. The van der Waals surface area contributed by atoms with Crippen LogP contribution in [0.15, 0.2) is 23.6 Å². The molecule has 1 aromatic heterocycles. The number of rotatable bonds is 1. The average molecular weight is 248 g/mol. The molecule has 0 fully saturated rings. The second kappa shape index (κ2) is 3.85. The van der Waals surface area contributed by atoms with Crippen LogP contribution in [-0.4, -0.2) is 4.98 Å². The number of aromatic nitrogens is 1. The van der Waals surface area contributed by atoms with Crippen LogP contribution in [0.1, 0.15) is 0 Å². The number of benzene rings is 1. The molecule has 0 saturated heterocycles. The summed E-state index contributed by atoms with van der Waals surface area (Å²) in [4.78, 5) is 3.97. The lowest BCUT2D eigenvalue weighted by atomic mass is 10.1. The molecule has 1 heterocycles. The van der Waals surface area contributed by atoms with E-state index in [4.69, 9.17) is 23.2 Å². The van der Waals surface area contributed by atoms with Gasteiger partial charge in [-0.2, -0.15) is 0 Å². The van der Waals surface area contributed by atoms with Crippen molar-refractivity contribution in [3.63, 3.8) is 0 Å². The maximum Gasteiger partial charge on any atom is 0.184 e. The van der Waals surface area contributed by atoms with Crippen molar-refractivity contribution in [1.82, 2.24) is 4.98 Å². The molecule has 0 N–H and O–H groups in total. The van der Waals surface area contributed by atoms with Crippen LogP contribution in [0.4, 0.5) is 4.39 Å². The quantitative estimate of drug-likeness (QED) is 0.734. The van der Waals surface area contributed by atoms with Gasteiger partial charge in [0.25, 0.3) is 0 Å². The zero-order valence-corrected chi connectivity index (χ0v) is 9.13. The van der Waals surface area contributed by atoms with E-state index in [1.54, 1.807) is 5.38 Å². The van der Waals surface area contributed by atoms with Gasteiger partial charge in [-0.15, -0.1) is 11.3 Å². The van der Waals surface area contributed by atoms with Crippen molar-refractivity contribution in [2.45, 2.75) is 0 Å². The van der Waals surface area contributed by atoms with Crippen LogP contribution in [0, 0.1) is 5.82 Å². The molecule has 0 amide bonds. The number of nitrogens with zero attached hydrogens (tertiary/aromatic N) is 1. The minimum atomic E-state index is -0.351. The third kappa shape index (κ3) is 1.90. The molecule has 0 radical (unpaired) electrons. The van der Waals surface area contributed by atoms with Crippen LogP contribution < -0.4 is 0 Å². The van der Waals surface area contributed by atoms with E-state index >= 15 is 0 Å². The largest absolute Gasteiger partial charge is 0.225 e. The Morgan fingerprint density at radius 3 is 2.71 bits per heavy atom. The molecule has 0 atom stereocenters. The van der Waals surface area contributed by atoms with E-state index in [0.717, 1.165) is 0 Å². The highest BCUT2D eigenvalue weighted by Crippen LogP contribution is 2.28. The Kier molecular flexibility index (Phi) is 2.72. The first-order chi connectivity index (χ1) is 6.66. The lowest BCUT2D eigenvalue weighted by molar-refractivity contribution is 0.631. The minimum absolute atomic E-state index is 0.351. The predicted molar refractivity (Wildman–Crippen MR) is 57.5 cm³/mol. The average Bonchev–Trinajstić information content (AvgIpc) is 2.56. The Bertz CT molecular complexity index is 470. The lowest BCUT2D eigenvalue weighted by Gasteiger charge is -1.99. The molecule has 0 aliphatic rings. The van der Waals surface area contributed by atoms with E-state index in [1.165, 1.54) is 29.5 Å². The molecular weight excluding hydrogens is 244 g/mol. The highest BCUT2D eigenvalue weighted by Gasteiger charge is 2.08. The van der Waals surface area contributed by atoms with Gasteiger partial charge in [0.05, 0.1) is 5.69 Å². The van der Waals surface area contributed by atoms with Gasteiger partial charge in [0.15, 0.2) is 4.47 Å². The monoisotopic (exact) mass is 247 g/mol. The lowest BCUT2D eigenvalue weighted by Crippen LogP contribution is -1.83. The summed E-state index contributed by atoms with van der Waals surface area (Å²) in [7, 11) is 0. The predicted octanol–water partition coefficient (Wildman–Crippen LogP) is 4.26. The minimum Gasteiger partial charge on any atom is -0.225 e. The number of hydrogen-bond acceptors (Lipinski definition) is 2. The molecule has 1 aromatic carbocycles. The van der Waals surface area contributed by atoms with Crippen molar-refractivity contribution in [1.29, 1.82) is 0 Å². The number of thiazole rings is 1. The van der Waals surface area contributed by atoms with Gasteiger partial charge < -0.3 is 0 Å². The summed E-state index contributed by atoms with van der Waals surface area (Å²) in [5.41, 5.74) is 0.889. The van der Waals surface area contributed by atoms with Crippen molar-refractivity contribution in [3.05, 3.63) is 38.9 Å². The van der Waals surface area contributed by atoms with E-state index in [0.29, 0.717) is 20.7 Å². The van der Waals surface area contributed by atoms with Gasteiger partial charge in [-0.25, -0.2) is 9.37 Å². The molecule has 0 aliphatic carbocycles. The zero-order chi connectivity index (χ0) is 10.1. The van der Waals surface area contributed by atoms with Gasteiger partial charge in [-0.1, -0.05) is 23.2 Å². The molecule has 72 valence electrons. The normalized spacial score (nSPS) is 10.5. The summed E-state index contributed by atoms with van der Waals surface area (Å²) in [6.07, 6.45) is 0. The van der Waals surface area contributed by atoms with E-state index < -0.39 is 0 Å². The van der Waals surface area contributed by atoms with Crippen molar-refractivity contribution in [2.24, 2.45) is 0 Å². The second-order valence-electron chi connectivity index (χ2n) is 2.61. The molecule has 5 heteroatoms. The summed E-state index contributed by atoms with van der Waals surface area (Å²) < 4.78 is 13.7. The smallest absolute Gasteiger partial charge is 0.184 e. The zero-order valence-electron chi connectivity index (χ0n) is 6.80. The van der Waals surface area contributed by atoms with Gasteiger partial charge in [0, 0.05) is 16.0 Å². The molecule has 1 nitrogen and oxygen atoms in total. The van der Waals surface area contributed by atoms with Crippen LogP contribution in [0.2, 0.25) is 9.49 Å². The van der Waals surface area contributed by atoms with Crippen molar-refractivity contribution in [2.75, 3.05) is 0 Å². The maximum atomic E-state index is 13.3. The fourth-order valence-electron chi connectivity index (χ4n) is 1.07. The van der Waals surface area contributed by atoms with Gasteiger partial charge in [-0.05, 0) is 18.2 Å². The van der Waals surface area contributed by atoms with Gasteiger partial charge in [0.1, 0.15) is 5.82 Å². The topological polar surface area (TPSA) is 12.9 Å². The van der Waals surface area contributed by atoms with Gasteiger partial charge in [0.2, 0.25) is 0 Å².